The summed E-state index contributed by atoms with van der Waals surface area (Å²) in [4.78, 5) is 19.7. The molecule has 2 atom stereocenters. The number of benzene rings is 2. The highest BCUT2D eigenvalue weighted by atomic mass is 35.5. The van der Waals surface area contributed by atoms with E-state index in [1.54, 1.807) is 0 Å². The fourth-order valence-electron chi connectivity index (χ4n) is 4.74. The average molecular weight is 378 g/mol. The molecule has 4 nitrogen and oxygen atoms in total. The Kier molecular flexibility index (Phi) is 4.49. The Morgan fingerprint density at radius 1 is 1.19 bits per heavy atom. The minimum Gasteiger partial charge on any atom is -0.335 e. The fraction of sp³-hybridized carbons (Fsp3) is 0.318. The van der Waals surface area contributed by atoms with Gasteiger partial charge in [0.1, 0.15) is 0 Å². The van der Waals surface area contributed by atoms with Gasteiger partial charge in [-0.2, -0.15) is 5.26 Å². The summed E-state index contributed by atoms with van der Waals surface area (Å²) in [5.41, 5.74) is 6.12. The standard InChI is InChI=1S/C22H19N3O.ClH/c23-13-14-3-4-16-12-21-18(19(16)10-14)2-1-9-25(21)22(26)17-6-5-15-7-8-24-20(15)11-17;/h3-6,8,10-11,18,21H,1-2,7,9,12H2;1H/t18-,21+;/m1./s1. The number of hydrogen-bond acceptors (Lipinski definition) is 3. The van der Waals surface area contributed by atoms with Crippen LogP contribution < -0.4 is 0 Å². The van der Waals surface area contributed by atoms with E-state index >= 15 is 0 Å². The van der Waals surface area contributed by atoms with E-state index in [9.17, 15) is 10.1 Å². The highest BCUT2D eigenvalue weighted by Gasteiger charge is 2.41. The lowest BCUT2D eigenvalue weighted by Gasteiger charge is -2.38. The molecule has 2 aromatic carbocycles. The second-order valence-corrected chi connectivity index (χ2v) is 7.40. The van der Waals surface area contributed by atoms with Crippen LogP contribution in [-0.2, 0) is 12.8 Å². The Morgan fingerprint density at radius 2 is 2.04 bits per heavy atom. The Morgan fingerprint density at radius 3 is 2.89 bits per heavy atom. The van der Waals surface area contributed by atoms with E-state index in [1.807, 2.05) is 36.5 Å². The molecule has 0 unspecified atom stereocenters. The smallest absolute Gasteiger partial charge is 0.254 e. The second-order valence-electron chi connectivity index (χ2n) is 7.40. The zero-order valence-corrected chi connectivity index (χ0v) is 15.7. The van der Waals surface area contributed by atoms with Crippen molar-refractivity contribution in [1.82, 2.24) is 4.90 Å². The van der Waals surface area contributed by atoms with Crippen LogP contribution in [0.4, 0.5) is 5.69 Å². The Balaban J connectivity index is 0.00000180. The molecular weight excluding hydrogens is 358 g/mol. The van der Waals surface area contributed by atoms with E-state index in [1.165, 1.54) is 16.7 Å². The summed E-state index contributed by atoms with van der Waals surface area (Å²) >= 11 is 0. The summed E-state index contributed by atoms with van der Waals surface area (Å²) in [6.07, 6.45) is 5.74. The molecule has 0 bridgehead atoms. The molecule has 5 heteroatoms. The van der Waals surface area contributed by atoms with E-state index in [0.29, 0.717) is 11.5 Å². The van der Waals surface area contributed by atoms with Gasteiger partial charge in [-0.3, -0.25) is 9.79 Å². The Labute approximate surface area is 164 Å². The lowest BCUT2D eigenvalue weighted by Crippen LogP contribution is -2.46. The number of rotatable bonds is 1. The molecular formula is C22H20ClN3O. The van der Waals surface area contributed by atoms with E-state index in [0.717, 1.165) is 43.5 Å². The van der Waals surface area contributed by atoms with Crippen molar-refractivity contribution in [1.29, 1.82) is 5.26 Å². The van der Waals surface area contributed by atoms with Gasteiger partial charge in [-0.15, -0.1) is 12.4 Å². The SMILES string of the molecule is Cl.N#Cc1ccc2c(c1)[C@H]1CCCN(C(=O)c3ccc4c(c3)N=CC4)[C@H]1C2. The van der Waals surface area contributed by atoms with Crippen LogP contribution in [0.5, 0.6) is 0 Å². The van der Waals surface area contributed by atoms with E-state index in [-0.39, 0.29) is 24.4 Å². The number of amides is 1. The number of piperidine rings is 1. The lowest BCUT2D eigenvalue weighted by atomic mass is 9.87. The van der Waals surface area contributed by atoms with Crippen LogP contribution in [0.2, 0.25) is 0 Å². The third-order valence-electron chi connectivity index (χ3n) is 6.02. The maximum absolute atomic E-state index is 13.2. The summed E-state index contributed by atoms with van der Waals surface area (Å²) in [6.45, 7) is 0.805. The van der Waals surface area contributed by atoms with Crippen LogP contribution in [-0.4, -0.2) is 29.6 Å². The lowest BCUT2D eigenvalue weighted by molar-refractivity contribution is 0.0595. The summed E-state index contributed by atoms with van der Waals surface area (Å²) in [7, 11) is 0. The summed E-state index contributed by atoms with van der Waals surface area (Å²) in [5.74, 6) is 0.460. The molecule has 1 fully saturated rings. The molecule has 0 aromatic heterocycles. The number of nitrogens with zero attached hydrogens (tertiary/aromatic N) is 3. The molecule has 3 aliphatic rings. The van der Waals surface area contributed by atoms with Gasteiger partial charge in [-0.1, -0.05) is 12.1 Å². The van der Waals surface area contributed by atoms with Crippen molar-refractivity contribution in [2.75, 3.05) is 6.54 Å². The maximum atomic E-state index is 13.2. The highest BCUT2D eigenvalue weighted by Crippen LogP contribution is 2.43. The second kappa shape index (κ2) is 6.83. The van der Waals surface area contributed by atoms with Crippen molar-refractivity contribution >= 4 is 30.2 Å². The molecule has 2 aromatic rings. The van der Waals surface area contributed by atoms with Crippen LogP contribution in [0.3, 0.4) is 0 Å². The zero-order chi connectivity index (χ0) is 17.7. The Hall–Kier alpha value is -2.64. The van der Waals surface area contributed by atoms with Crippen LogP contribution in [0, 0.1) is 11.3 Å². The molecule has 1 amide bonds. The third kappa shape index (κ3) is 2.83. The van der Waals surface area contributed by atoms with E-state index in [2.05, 4.69) is 22.0 Å². The maximum Gasteiger partial charge on any atom is 0.254 e. The monoisotopic (exact) mass is 377 g/mol. The minimum absolute atomic E-state index is 0. The molecule has 1 aliphatic carbocycles. The highest BCUT2D eigenvalue weighted by molar-refractivity contribution is 5.96. The van der Waals surface area contributed by atoms with Crippen molar-refractivity contribution in [3.05, 3.63) is 64.2 Å². The zero-order valence-electron chi connectivity index (χ0n) is 14.9. The van der Waals surface area contributed by atoms with Gasteiger partial charge in [-0.25, -0.2) is 0 Å². The number of aliphatic imine (C=N–C) groups is 1. The van der Waals surface area contributed by atoms with Gasteiger partial charge < -0.3 is 4.90 Å². The molecule has 0 spiro atoms. The molecule has 136 valence electrons. The number of carbonyl (C=O) groups is 1. The van der Waals surface area contributed by atoms with Crippen LogP contribution in [0.1, 0.15) is 51.4 Å². The first-order chi connectivity index (χ1) is 12.7. The largest absolute Gasteiger partial charge is 0.335 e. The van der Waals surface area contributed by atoms with Gasteiger partial charge in [0, 0.05) is 36.7 Å². The Bertz CT molecular complexity index is 992. The van der Waals surface area contributed by atoms with Gasteiger partial charge in [-0.05, 0) is 60.2 Å². The molecule has 5 rings (SSSR count). The first-order valence-electron chi connectivity index (χ1n) is 9.24. The van der Waals surface area contributed by atoms with E-state index < -0.39 is 0 Å². The van der Waals surface area contributed by atoms with Crippen molar-refractivity contribution in [3.63, 3.8) is 0 Å². The normalized spacial score (nSPS) is 21.7. The first-order valence-corrected chi connectivity index (χ1v) is 9.24. The molecule has 0 saturated carbocycles. The molecule has 0 N–H and O–H groups in total. The first kappa shape index (κ1) is 17.8. The summed E-state index contributed by atoms with van der Waals surface area (Å²) < 4.78 is 0. The topological polar surface area (TPSA) is 56.5 Å². The molecule has 0 radical (unpaired) electrons. The average Bonchev–Trinajstić information content (AvgIpc) is 3.30. The van der Waals surface area contributed by atoms with Gasteiger partial charge in [0.15, 0.2) is 0 Å². The van der Waals surface area contributed by atoms with Crippen molar-refractivity contribution < 1.29 is 4.79 Å². The number of hydrogen-bond donors (Lipinski definition) is 0. The minimum atomic E-state index is 0. The summed E-state index contributed by atoms with van der Waals surface area (Å²) in [6, 6.07) is 14.3. The molecule has 2 aliphatic heterocycles. The number of halogens is 1. The summed E-state index contributed by atoms with van der Waals surface area (Å²) in [5, 5.41) is 9.20. The predicted molar refractivity (Wildman–Crippen MR) is 107 cm³/mol. The number of carbonyl (C=O) groups excluding carboxylic acids is 1. The van der Waals surface area contributed by atoms with Crippen LogP contribution >= 0.6 is 12.4 Å². The van der Waals surface area contributed by atoms with E-state index in [4.69, 9.17) is 0 Å². The molecule has 2 heterocycles. The number of likely N-dealkylation sites (tertiary alicyclic amines) is 1. The third-order valence-corrected chi connectivity index (χ3v) is 6.02. The fourth-order valence-corrected chi connectivity index (χ4v) is 4.74. The van der Waals surface area contributed by atoms with Crippen molar-refractivity contribution in [2.24, 2.45) is 4.99 Å². The van der Waals surface area contributed by atoms with Gasteiger partial charge in [0.05, 0.1) is 17.3 Å². The number of fused-ring (bicyclic) bond motifs is 4. The molecule has 27 heavy (non-hydrogen) atoms. The van der Waals surface area contributed by atoms with Crippen LogP contribution in [0.15, 0.2) is 41.4 Å². The van der Waals surface area contributed by atoms with Crippen LogP contribution in [0.25, 0.3) is 0 Å². The van der Waals surface area contributed by atoms with Gasteiger partial charge in [0.25, 0.3) is 5.91 Å². The predicted octanol–water partition coefficient (Wildman–Crippen LogP) is 4.18. The molecule has 1 saturated heterocycles. The van der Waals surface area contributed by atoms with Crippen molar-refractivity contribution in [2.45, 2.75) is 37.6 Å². The van der Waals surface area contributed by atoms with Gasteiger partial charge >= 0.3 is 0 Å². The van der Waals surface area contributed by atoms with Crippen molar-refractivity contribution in [3.8, 4) is 6.07 Å². The quantitative estimate of drug-likeness (QED) is 0.748. The van der Waals surface area contributed by atoms with Gasteiger partial charge in [0.2, 0.25) is 0 Å². The number of nitriles is 1.